The maximum Gasteiger partial charge on any atom is 0.258 e. The van der Waals surface area contributed by atoms with E-state index in [4.69, 9.17) is 0 Å². The molecule has 0 spiro atoms. The zero-order valence-corrected chi connectivity index (χ0v) is 12.3. The van der Waals surface area contributed by atoms with E-state index in [1.54, 1.807) is 37.6 Å². The topological polar surface area (TPSA) is 62.3 Å². The lowest BCUT2D eigenvalue weighted by atomic mass is 10.1. The van der Waals surface area contributed by atoms with Crippen LogP contribution in [0.1, 0.15) is 22.8 Å². The summed E-state index contributed by atoms with van der Waals surface area (Å²) in [6, 6.07) is 8.84. The molecule has 2 rings (SSSR count). The molecule has 108 valence electrons. The lowest BCUT2D eigenvalue weighted by molar-refractivity contribution is -0.114. The highest BCUT2D eigenvalue weighted by Gasteiger charge is 2.15. The van der Waals surface area contributed by atoms with Crippen LogP contribution in [0.2, 0.25) is 0 Å². The molecule has 0 fully saturated rings. The van der Waals surface area contributed by atoms with Gasteiger partial charge in [-0.15, -0.1) is 0 Å². The summed E-state index contributed by atoms with van der Waals surface area (Å²) in [7, 11) is 1.69. The number of carbonyl (C=O) groups is 2. The first-order valence-corrected chi connectivity index (χ1v) is 6.55. The summed E-state index contributed by atoms with van der Waals surface area (Å²) in [5, 5.41) is 2.73. The average Bonchev–Trinajstić information content (AvgIpc) is 2.48. The molecule has 0 atom stereocenters. The second kappa shape index (κ2) is 6.17. The highest BCUT2D eigenvalue weighted by molar-refractivity contribution is 6.06. The first-order valence-electron chi connectivity index (χ1n) is 6.55. The Labute approximate surface area is 123 Å². The van der Waals surface area contributed by atoms with Crippen molar-refractivity contribution in [3.63, 3.8) is 0 Å². The fourth-order valence-electron chi connectivity index (χ4n) is 1.94. The summed E-state index contributed by atoms with van der Waals surface area (Å²) in [5.41, 5.74) is 2.78. The molecule has 0 aliphatic carbocycles. The Bertz CT molecular complexity index is 668. The van der Waals surface area contributed by atoms with Crippen LogP contribution < -0.4 is 10.2 Å². The van der Waals surface area contributed by atoms with Gasteiger partial charge in [-0.25, -0.2) is 0 Å². The molecule has 5 heteroatoms. The third kappa shape index (κ3) is 3.45. The van der Waals surface area contributed by atoms with Gasteiger partial charge in [0.25, 0.3) is 5.91 Å². The van der Waals surface area contributed by atoms with E-state index in [1.165, 1.54) is 11.8 Å². The first-order chi connectivity index (χ1) is 9.99. The predicted molar refractivity (Wildman–Crippen MR) is 82.5 cm³/mol. The van der Waals surface area contributed by atoms with E-state index in [9.17, 15) is 9.59 Å². The maximum absolute atomic E-state index is 12.5. The Kier molecular flexibility index (Phi) is 4.33. The number of pyridine rings is 1. The zero-order valence-electron chi connectivity index (χ0n) is 12.3. The standard InChI is InChI=1S/C16H17N3O2/c1-11-6-7-13(9-15(11)18-12(2)20)16(21)19(3)14-5-4-8-17-10-14/h4-10H,1-3H3,(H,18,20). The number of rotatable bonds is 3. The number of hydrogen-bond acceptors (Lipinski definition) is 3. The van der Waals surface area contributed by atoms with Crippen LogP contribution in [0, 0.1) is 6.92 Å². The number of benzene rings is 1. The number of aromatic nitrogens is 1. The third-order valence-electron chi connectivity index (χ3n) is 3.13. The molecule has 1 aromatic heterocycles. The van der Waals surface area contributed by atoms with Crippen LogP contribution in [0.15, 0.2) is 42.7 Å². The summed E-state index contributed by atoms with van der Waals surface area (Å²) >= 11 is 0. The Morgan fingerprint density at radius 3 is 2.62 bits per heavy atom. The molecule has 0 saturated heterocycles. The number of nitrogens with zero attached hydrogens (tertiary/aromatic N) is 2. The van der Waals surface area contributed by atoms with Crippen LogP contribution in [-0.4, -0.2) is 23.8 Å². The van der Waals surface area contributed by atoms with E-state index in [1.807, 2.05) is 19.1 Å². The number of aryl methyl sites for hydroxylation is 1. The molecule has 0 aliphatic rings. The largest absolute Gasteiger partial charge is 0.326 e. The van der Waals surface area contributed by atoms with Gasteiger partial charge >= 0.3 is 0 Å². The van der Waals surface area contributed by atoms with Gasteiger partial charge in [0.2, 0.25) is 5.91 Å². The minimum absolute atomic E-state index is 0.158. The smallest absolute Gasteiger partial charge is 0.258 e. The molecule has 2 aromatic rings. The normalized spacial score (nSPS) is 10.0. The van der Waals surface area contributed by atoms with Crippen LogP contribution in [0.5, 0.6) is 0 Å². The van der Waals surface area contributed by atoms with Gasteiger partial charge in [-0.1, -0.05) is 6.07 Å². The van der Waals surface area contributed by atoms with Crippen molar-refractivity contribution in [2.45, 2.75) is 13.8 Å². The first kappa shape index (κ1) is 14.7. The molecule has 0 unspecified atom stereocenters. The zero-order chi connectivity index (χ0) is 15.4. The molecule has 0 saturated carbocycles. The lowest BCUT2D eigenvalue weighted by Crippen LogP contribution is -2.26. The van der Waals surface area contributed by atoms with Gasteiger partial charge in [0.15, 0.2) is 0 Å². The van der Waals surface area contributed by atoms with E-state index in [-0.39, 0.29) is 11.8 Å². The van der Waals surface area contributed by atoms with Crippen molar-refractivity contribution in [3.8, 4) is 0 Å². The number of carbonyl (C=O) groups excluding carboxylic acids is 2. The van der Waals surface area contributed by atoms with Gasteiger partial charge in [0.05, 0.1) is 11.9 Å². The van der Waals surface area contributed by atoms with Gasteiger partial charge < -0.3 is 10.2 Å². The quantitative estimate of drug-likeness (QED) is 0.942. The van der Waals surface area contributed by atoms with Crippen molar-refractivity contribution in [2.24, 2.45) is 0 Å². The highest BCUT2D eigenvalue weighted by Crippen LogP contribution is 2.20. The summed E-state index contributed by atoms with van der Waals surface area (Å²) in [6.45, 7) is 3.32. The highest BCUT2D eigenvalue weighted by atomic mass is 16.2. The van der Waals surface area contributed by atoms with Crippen molar-refractivity contribution in [1.82, 2.24) is 4.98 Å². The van der Waals surface area contributed by atoms with Crippen molar-refractivity contribution in [1.29, 1.82) is 0 Å². The van der Waals surface area contributed by atoms with Gasteiger partial charge in [0.1, 0.15) is 0 Å². The SMILES string of the molecule is CC(=O)Nc1cc(C(=O)N(C)c2cccnc2)ccc1C. The Hall–Kier alpha value is -2.69. The van der Waals surface area contributed by atoms with Gasteiger partial charge in [0, 0.05) is 31.4 Å². The van der Waals surface area contributed by atoms with E-state index in [0.717, 1.165) is 5.56 Å². The van der Waals surface area contributed by atoms with E-state index in [2.05, 4.69) is 10.3 Å². The summed E-state index contributed by atoms with van der Waals surface area (Å²) in [6.07, 6.45) is 3.28. The molecule has 5 nitrogen and oxygen atoms in total. The number of anilines is 2. The van der Waals surface area contributed by atoms with Crippen LogP contribution in [0.25, 0.3) is 0 Å². The number of hydrogen-bond donors (Lipinski definition) is 1. The van der Waals surface area contributed by atoms with Crippen LogP contribution >= 0.6 is 0 Å². The summed E-state index contributed by atoms with van der Waals surface area (Å²) in [4.78, 5) is 29.2. The Morgan fingerprint density at radius 2 is 2.00 bits per heavy atom. The fourth-order valence-corrected chi connectivity index (χ4v) is 1.94. The second-order valence-electron chi connectivity index (χ2n) is 4.79. The lowest BCUT2D eigenvalue weighted by Gasteiger charge is -2.17. The van der Waals surface area contributed by atoms with E-state index >= 15 is 0 Å². The summed E-state index contributed by atoms with van der Waals surface area (Å²) < 4.78 is 0. The minimum atomic E-state index is -0.164. The molecule has 2 amide bonds. The molecular weight excluding hydrogens is 266 g/mol. The fraction of sp³-hybridized carbons (Fsp3) is 0.188. The van der Waals surface area contributed by atoms with Crippen molar-refractivity contribution in [3.05, 3.63) is 53.9 Å². The van der Waals surface area contributed by atoms with Gasteiger partial charge in [-0.3, -0.25) is 14.6 Å². The molecule has 1 aromatic carbocycles. The number of amides is 2. The van der Waals surface area contributed by atoms with Gasteiger partial charge in [-0.05, 0) is 36.8 Å². The third-order valence-corrected chi connectivity index (χ3v) is 3.13. The van der Waals surface area contributed by atoms with Crippen LogP contribution in [-0.2, 0) is 4.79 Å². The Balaban J connectivity index is 2.29. The molecule has 1 N–H and O–H groups in total. The molecule has 1 heterocycles. The van der Waals surface area contributed by atoms with Crippen LogP contribution in [0.4, 0.5) is 11.4 Å². The Morgan fingerprint density at radius 1 is 1.24 bits per heavy atom. The van der Waals surface area contributed by atoms with Crippen molar-refractivity contribution >= 4 is 23.2 Å². The van der Waals surface area contributed by atoms with E-state index < -0.39 is 0 Å². The second-order valence-corrected chi connectivity index (χ2v) is 4.79. The molecule has 0 aliphatic heterocycles. The summed E-state index contributed by atoms with van der Waals surface area (Å²) in [5.74, 6) is -0.321. The molecule has 0 bridgehead atoms. The molecular formula is C16H17N3O2. The van der Waals surface area contributed by atoms with Gasteiger partial charge in [-0.2, -0.15) is 0 Å². The van der Waals surface area contributed by atoms with Crippen LogP contribution in [0.3, 0.4) is 0 Å². The number of nitrogens with one attached hydrogen (secondary N) is 1. The molecule has 21 heavy (non-hydrogen) atoms. The monoisotopic (exact) mass is 283 g/mol. The van der Waals surface area contributed by atoms with E-state index in [0.29, 0.717) is 16.9 Å². The average molecular weight is 283 g/mol. The van der Waals surface area contributed by atoms with Crippen molar-refractivity contribution < 1.29 is 9.59 Å². The van der Waals surface area contributed by atoms with Crippen molar-refractivity contribution in [2.75, 3.05) is 17.3 Å². The predicted octanol–water partition coefficient (Wildman–Crippen LogP) is 2.63. The maximum atomic E-state index is 12.5. The minimum Gasteiger partial charge on any atom is -0.326 e. The molecule has 0 radical (unpaired) electrons.